The van der Waals surface area contributed by atoms with E-state index in [1.807, 2.05) is 65.6 Å². The van der Waals surface area contributed by atoms with Crippen molar-refractivity contribution in [2.24, 2.45) is 0 Å². The lowest BCUT2D eigenvalue weighted by atomic mass is 10.1. The molecule has 0 N–H and O–H groups in total. The van der Waals surface area contributed by atoms with Crippen molar-refractivity contribution in [3.8, 4) is 0 Å². The van der Waals surface area contributed by atoms with Crippen molar-refractivity contribution in [1.29, 1.82) is 0 Å². The number of hydrogen-bond acceptors (Lipinski definition) is 4. The molecule has 0 spiro atoms. The molecule has 4 amide bonds. The Balaban J connectivity index is 1.61. The van der Waals surface area contributed by atoms with Crippen LogP contribution in [0.3, 0.4) is 0 Å². The number of amides is 4. The largest absolute Gasteiger partial charge is 0.340 e. The van der Waals surface area contributed by atoms with E-state index in [1.54, 1.807) is 31.2 Å². The Morgan fingerprint density at radius 2 is 1.21 bits per heavy atom. The van der Waals surface area contributed by atoms with Gasteiger partial charge >= 0.3 is 0 Å². The van der Waals surface area contributed by atoms with Gasteiger partial charge in [0.05, 0.1) is 19.2 Å². The molecule has 1 aliphatic rings. The summed E-state index contributed by atoms with van der Waals surface area (Å²) in [5, 5.41) is 0. The highest BCUT2D eigenvalue weighted by Crippen LogP contribution is 2.23. The number of carbonyl (C=O) groups is 4. The molecule has 39 heavy (non-hydrogen) atoms. The van der Waals surface area contributed by atoms with Crippen LogP contribution >= 0.6 is 0 Å². The summed E-state index contributed by atoms with van der Waals surface area (Å²) in [6, 6.07) is 25.0. The summed E-state index contributed by atoms with van der Waals surface area (Å²) in [5.74, 6) is -1.60. The number of benzene rings is 3. The van der Waals surface area contributed by atoms with Gasteiger partial charge in [-0.25, -0.2) is 0 Å². The van der Waals surface area contributed by atoms with E-state index in [9.17, 15) is 19.2 Å². The number of imide groups is 1. The van der Waals surface area contributed by atoms with Crippen molar-refractivity contribution >= 4 is 31.7 Å². The molecule has 1 aliphatic heterocycles. The second kappa shape index (κ2) is 11.8. The molecule has 1 heterocycles. The average molecular weight is 542 g/mol. The number of nitrogens with zero attached hydrogens (tertiary/aromatic N) is 3. The van der Waals surface area contributed by atoms with Crippen LogP contribution in [0.1, 0.15) is 38.8 Å². The molecule has 0 saturated carbocycles. The van der Waals surface area contributed by atoms with Gasteiger partial charge in [0, 0.05) is 19.3 Å². The first-order valence-electron chi connectivity index (χ1n) is 13.2. The Bertz CT molecular complexity index is 1320. The second-order valence-electron chi connectivity index (χ2n) is 11.2. The molecule has 0 aromatic heterocycles. The SMILES string of the molecule is C[C@@H](C(=O)N(Cc1ccccc1)C[Si](C)(C)C)N(Cc1ccccc1)C(=O)CN1C(=O)c2ccccc2C1=O. The van der Waals surface area contributed by atoms with Gasteiger partial charge in [0.2, 0.25) is 11.8 Å². The molecule has 0 aliphatic carbocycles. The van der Waals surface area contributed by atoms with Crippen LogP contribution in [-0.2, 0) is 22.7 Å². The molecule has 3 aromatic rings. The van der Waals surface area contributed by atoms with Crippen LogP contribution in [-0.4, -0.2) is 65.2 Å². The van der Waals surface area contributed by atoms with E-state index >= 15 is 0 Å². The Hall–Kier alpha value is -4.04. The van der Waals surface area contributed by atoms with E-state index in [4.69, 9.17) is 0 Å². The zero-order valence-electron chi connectivity index (χ0n) is 23.0. The van der Waals surface area contributed by atoms with Gasteiger partial charge in [-0.3, -0.25) is 24.1 Å². The van der Waals surface area contributed by atoms with Crippen molar-refractivity contribution in [2.45, 2.75) is 45.7 Å². The van der Waals surface area contributed by atoms with Crippen molar-refractivity contribution in [1.82, 2.24) is 14.7 Å². The smallest absolute Gasteiger partial charge is 0.262 e. The highest BCUT2D eigenvalue weighted by Gasteiger charge is 2.39. The first-order chi connectivity index (χ1) is 18.5. The second-order valence-corrected chi connectivity index (χ2v) is 16.6. The molecule has 8 heteroatoms. The summed E-state index contributed by atoms with van der Waals surface area (Å²) >= 11 is 0. The molecule has 0 radical (unpaired) electrons. The Kier molecular flexibility index (Phi) is 8.45. The van der Waals surface area contributed by atoms with E-state index in [-0.39, 0.29) is 12.5 Å². The van der Waals surface area contributed by atoms with Crippen LogP contribution in [0.4, 0.5) is 0 Å². The highest BCUT2D eigenvalue weighted by molar-refractivity contribution is 6.76. The van der Waals surface area contributed by atoms with Crippen LogP contribution in [0.15, 0.2) is 84.9 Å². The van der Waals surface area contributed by atoms with E-state index in [0.717, 1.165) is 16.0 Å². The lowest BCUT2D eigenvalue weighted by Gasteiger charge is -2.36. The van der Waals surface area contributed by atoms with Gasteiger partial charge in [0.1, 0.15) is 12.6 Å². The van der Waals surface area contributed by atoms with Gasteiger partial charge in [-0.2, -0.15) is 0 Å². The Labute approximate surface area is 231 Å². The summed E-state index contributed by atoms with van der Waals surface area (Å²) in [6.07, 6.45) is 0.636. The predicted octanol–water partition coefficient (Wildman–Crippen LogP) is 4.61. The molecular weight excluding hydrogens is 506 g/mol. The van der Waals surface area contributed by atoms with Gasteiger partial charge < -0.3 is 9.80 Å². The Morgan fingerprint density at radius 3 is 1.69 bits per heavy atom. The predicted molar refractivity (Wildman–Crippen MR) is 153 cm³/mol. The fraction of sp³-hybridized carbons (Fsp3) is 0.290. The third-order valence-corrected chi connectivity index (χ3v) is 8.04. The lowest BCUT2D eigenvalue weighted by molar-refractivity contribution is -0.145. The normalized spacial score (nSPS) is 13.7. The first-order valence-corrected chi connectivity index (χ1v) is 16.9. The summed E-state index contributed by atoms with van der Waals surface area (Å²) in [5.41, 5.74) is 2.45. The maximum absolute atomic E-state index is 14.0. The number of carbonyl (C=O) groups excluding carboxylic acids is 4. The Morgan fingerprint density at radius 1 is 0.744 bits per heavy atom. The van der Waals surface area contributed by atoms with Crippen LogP contribution in [0.25, 0.3) is 0 Å². The molecule has 202 valence electrons. The minimum Gasteiger partial charge on any atom is -0.340 e. The van der Waals surface area contributed by atoms with Gasteiger partial charge in [-0.1, -0.05) is 92.4 Å². The summed E-state index contributed by atoms with van der Waals surface area (Å²) < 4.78 is 0. The molecule has 0 fully saturated rings. The number of fused-ring (bicyclic) bond motifs is 1. The quantitative estimate of drug-likeness (QED) is 0.278. The van der Waals surface area contributed by atoms with Crippen LogP contribution in [0.2, 0.25) is 19.6 Å². The van der Waals surface area contributed by atoms with E-state index in [1.165, 1.54) is 4.90 Å². The molecule has 3 aromatic carbocycles. The third kappa shape index (κ3) is 6.70. The van der Waals surface area contributed by atoms with Crippen LogP contribution in [0, 0.1) is 0 Å². The molecule has 4 rings (SSSR count). The average Bonchev–Trinajstić information content (AvgIpc) is 3.16. The fourth-order valence-electron chi connectivity index (χ4n) is 4.82. The highest BCUT2D eigenvalue weighted by atomic mass is 28.3. The van der Waals surface area contributed by atoms with Gasteiger partial charge in [0.15, 0.2) is 0 Å². The van der Waals surface area contributed by atoms with Crippen molar-refractivity contribution in [2.75, 3.05) is 12.7 Å². The topological polar surface area (TPSA) is 78.0 Å². The van der Waals surface area contributed by atoms with Gasteiger partial charge in [0.25, 0.3) is 11.8 Å². The monoisotopic (exact) mass is 541 g/mol. The third-order valence-electron chi connectivity index (χ3n) is 6.71. The molecule has 0 unspecified atom stereocenters. The summed E-state index contributed by atoms with van der Waals surface area (Å²) in [7, 11) is -1.70. The maximum Gasteiger partial charge on any atom is 0.262 e. The summed E-state index contributed by atoms with van der Waals surface area (Å²) in [6.45, 7) is 8.55. The molecular formula is C31H35N3O4Si. The minimum atomic E-state index is -1.70. The molecule has 0 bridgehead atoms. The standard InChI is InChI=1S/C31H35N3O4Si/c1-23(29(36)32(22-39(2,3)4)19-24-13-7-5-8-14-24)33(20-25-15-9-6-10-16-25)28(35)21-34-30(37)26-17-11-12-18-27(26)31(34)38/h5-18,23H,19-22H2,1-4H3/t23-/m0/s1. The zero-order valence-corrected chi connectivity index (χ0v) is 24.0. The number of rotatable bonds is 10. The lowest BCUT2D eigenvalue weighted by Crippen LogP contribution is -2.54. The summed E-state index contributed by atoms with van der Waals surface area (Å²) in [4.78, 5) is 58.0. The number of hydrogen-bond donors (Lipinski definition) is 0. The first kappa shape index (κ1) is 28.0. The van der Waals surface area contributed by atoms with E-state index in [0.29, 0.717) is 23.8 Å². The fourth-order valence-corrected chi connectivity index (χ4v) is 6.23. The molecule has 0 saturated heterocycles. The van der Waals surface area contributed by atoms with Crippen LogP contribution < -0.4 is 0 Å². The maximum atomic E-state index is 14.0. The van der Waals surface area contributed by atoms with Gasteiger partial charge in [-0.05, 0) is 30.2 Å². The van der Waals surface area contributed by atoms with Gasteiger partial charge in [-0.15, -0.1) is 0 Å². The molecule has 1 atom stereocenters. The van der Waals surface area contributed by atoms with Crippen LogP contribution in [0.5, 0.6) is 0 Å². The van der Waals surface area contributed by atoms with Crippen molar-refractivity contribution in [3.05, 3.63) is 107 Å². The zero-order chi connectivity index (χ0) is 28.2. The minimum absolute atomic E-state index is 0.159. The van der Waals surface area contributed by atoms with E-state index in [2.05, 4.69) is 19.6 Å². The molecule has 7 nitrogen and oxygen atoms in total. The van der Waals surface area contributed by atoms with Crippen molar-refractivity contribution in [3.63, 3.8) is 0 Å². The van der Waals surface area contributed by atoms with Crippen molar-refractivity contribution < 1.29 is 19.2 Å². The van der Waals surface area contributed by atoms with E-state index < -0.39 is 38.4 Å².